The lowest BCUT2D eigenvalue weighted by molar-refractivity contribution is 0.318. The van der Waals surface area contributed by atoms with Crippen molar-refractivity contribution in [3.63, 3.8) is 0 Å². The van der Waals surface area contributed by atoms with Crippen LogP contribution in [0.1, 0.15) is 39.7 Å². The van der Waals surface area contributed by atoms with Crippen LogP contribution in [0.3, 0.4) is 0 Å². The Kier molecular flexibility index (Phi) is 5.92. The number of hydrogen-bond donors (Lipinski definition) is 1. The zero-order valence-corrected chi connectivity index (χ0v) is 12.4. The topological polar surface area (TPSA) is 12.0 Å². The molecule has 3 heteroatoms. The highest BCUT2D eigenvalue weighted by atomic mass is 19.1. The van der Waals surface area contributed by atoms with E-state index in [0.29, 0.717) is 17.9 Å². The number of nitrogens with one attached hydrogen (secondary N) is 1. The summed E-state index contributed by atoms with van der Waals surface area (Å²) in [7, 11) is 0. The first-order chi connectivity index (χ1) is 8.80. The Morgan fingerprint density at radius 2 is 1.89 bits per heavy atom. The van der Waals surface area contributed by atoms with E-state index in [1.165, 1.54) is 6.07 Å². The van der Waals surface area contributed by atoms with Crippen LogP contribution in [0.4, 0.5) is 8.78 Å². The van der Waals surface area contributed by atoms with E-state index in [9.17, 15) is 8.78 Å². The van der Waals surface area contributed by atoms with E-state index >= 15 is 0 Å². The van der Waals surface area contributed by atoms with Crippen molar-refractivity contribution in [1.82, 2.24) is 5.32 Å². The van der Waals surface area contributed by atoms with E-state index in [4.69, 9.17) is 0 Å². The second-order valence-electron chi connectivity index (χ2n) is 6.42. The van der Waals surface area contributed by atoms with Gasteiger partial charge in [-0.1, -0.05) is 33.8 Å². The highest BCUT2D eigenvalue weighted by Crippen LogP contribution is 2.27. The van der Waals surface area contributed by atoms with E-state index in [-0.39, 0.29) is 5.41 Å². The molecular formula is C16H25F2N. The first-order valence-electron chi connectivity index (χ1n) is 6.95. The van der Waals surface area contributed by atoms with Crippen LogP contribution in [0, 0.1) is 23.0 Å². The van der Waals surface area contributed by atoms with Gasteiger partial charge in [0.1, 0.15) is 11.6 Å². The van der Waals surface area contributed by atoms with Crippen molar-refractivity contribution >= 4 is 0 Å². The van der Waals surface area contributed by atoms with Gasteiger partial charge in [-0.05, 0) is 48.9 Å². The van der Waals surface area contributed by atoms with Gasteiger partial charge in [-0.3, -0.25) is 0 Å². The van der Waals surface area contributed by atoms with Crippen molar-refractivity contribution in [2.45, 2.75) is 40.5 Å². The van der Waals surface area contributed by atoms with Gasteiger partial charge < -0.3 is 5.32 Å². The van der Waals surface area contributed by atoms with Crippen molar-refractivity contribution in [2.75, 3.05) is 13.1 Å². The normalized spacial score (nSPS) is 12.2. The Morgan fingerprint density at radius 3 is 2.47 bits per heavy atom. The van der Waals surface area contributed by atoms with E-state index in [0.717, 1.165) is 25.6 Å². The fraction of sp³-hybridized carbons (Fsp3) is 0.625. The van der Waals surface area contributed by atoms with E-state index < -0.39 is 11.6 Å². The number of benzene rings is 1. The van der Waals surface area contributed by atoms with Crippen LogP contribution >= 0.6 is 0 Å². The van der Waals surface area contributed by atoms with E-state index in [2.05, 4.69) is 33.0 Å². The van der Waals surface area contributed by atoms with Crippen molar-refractivity contribution in [2.24, 2.45) is 11.3 Å². The first kappa shape index (κ1) is 16.1. The lowest BCUT2D eigenvalue weighted by Gasteiger charge is -2.25. The second kappa shape index (κ2) is 6.99. The average Bonchev–Trinajstić information content (AvgIpc) is 2.28. The van der Waals surface area contributed by atoms with Crippen molar-refractivity contribution in [3.8, 4) is 0 Å². The number of rotatable bonds is 7. The maximum Gasteiger partial charge on any atom is 0.129 e. The third kappa shape index (κ3) is 6.15. The molecule has 19 heavy (non-hydrogen) atoms. The quantitative estimate of drug-likeness (QED) is 0.733. The van der Waals surface area contributed by atoms with Gasteiger partial charge in [-0.15, -0.1) is 0 Å². The molecule has 0 aliphatic rings. The van der Waals surface area contributed by atoms with Crippen LogP contribution < -0.4 is 5.32 Å². The molecule has 1 N–H and O–H groups in total. The Labute approximate surface area is 115 Å². The lowest BCUT2D eigenvalue weighted by Crippen LogP contribution is -2.26. The highest BCUT2D eigenvalue weighted by molar-refractivity contribution is 5.19. The summed E-state index contributed by atoms with van der Waals surface area (Å²) in [6.07, 6.45) is 1.60. The molecule has 0 spiro atoms. The first-order valence-corrected chi connectivity index (χ1v) is 6.95. The minimum Gasteiger partial charge on any atom is -0.316 e. The summed E-state index contributed by atoms with van der Waals surface area (Å²) in [5, 5.41) is 3.40. The molecule has 0 heterocycles. The molecule has 0 bridgehead atoms. The van der Waals surface area contributed by atoms with Crippen LogP contribution in [-0.4, -0.2) is 13.1 Å². The predicted molar refractivity (Wildman–Crippen MR) is 76.2 cm³/mol. The molecule has 0 aromatic heterocycles. The third-order valence-electron chi connectivity index (χ3n) is 3.22. The van der Waals surface area contributed by atoms with Crippen LogP contribution in [0.25, 0.3) is 0 Å². The molecule has 1 aromatic rings. The predicted octanol–water partition coefficient (Wildman–Crippen LogP) is 4.17. The molecule has 0 unspecified atom stereocenters. The van der Waals surface area contributed by atoms with Crippen molar-refractivity contribution < 1.29 is 8.78 Å². The van der Waals surface area contributed by atoms with Gasteiger partial charge in [0.25, 0.3) is 0 Å². The van der Waals surface area contributed by atoms with Gasteiger partial charge >= 0.3 is 0 Å². The van der Waals surface area contributed by atoms with Gasteiger partial charge in [0, 0.05) is 6.07 Å². The zero-order chi connectivity index (χ0) is 14.5. The molecule has 108 valence electrons. The summed E-state index contributed by atoms with van der Waals surface area (Å²) < 4.78 is 26.5. The summed E-state index contributed by atoms with van der Waals surface area (Å²) >= 11 is 0. The smallest absolute Gasteiger partial charge is 0.129 e. The molecule has 1 aromatic carbocycles. The van der Waals surface area contributed by atoms with E-state index in [1.54, 1.807) is 6.07 Å². The van der Waals surface area contributed by atoms with Gasteiger partial charge in [-0.2, -0.15) is 0 Å². The summed E-state index contributed by atoms with van der Waals surface area (Å²) in [6, 6.07) is 3.84. The van der Waals surface area contributed by atoms with Crippen molar-refractivity contribution in [3.05, 3.63) is 35.4 Å². The molecule has 0 fully saturated rings. The summed E-state index contributed by atoms with van der Waals surface area (Å²) in [4.78, 5) is 0. The van der Waals surface area contributed by atoms with Crippen LogP contribution in [0.15, 0.2) is 18.2 Å². The van der Waals surface area contributed by atoms with E-state index in [1.807, 2.05) is 0 Å². The monoisotopic (exact) mass is 269 g/mol. The maximum atomic E-state index is 13.6. The second-order valence-corrected chi connectivity index (χ2v) is 6.42. The molecule has 1 nitrogen and oxygen atoms in total. The Bertz CT molecular complexity index is 400. The fourth-order valence-corrected chi connectivity index (χ4v) is 2.09. The average molecular weight is 269 g/mol. The third-order valence-corrected chi connectivity index (χ3v) is 3.22. The molecule has 0 amide bonds. The molecular weight excluding hydrogens is 244 g/mol. The Morgan fingerprint density at radius 1 is 1.21 bits per heavy atom. The zero-order valence-electron chi connectivity index (χ0n) is 12.4. The summed E-state index contributed by atoms with van der Waals surface area (Å²) in [5.74, 6) is -0.321. The van der Waals surface area contributed by atoms with Crippen LogP contribution in [0.2, 0.25) is 0 Å². The van der Waals surface area contributed by atoms with Crippen LogP contribution in [0.5, 0.6) is 0 Å². The SMILES string of the molecule is CC(C)CNCCC(C)(C)Cc1ccc(F)cc1F. The van der Waals surface area contributed by atoms with Crippen LogP contribution in [-0.2, 0) is 6.42 Å². The number of halogens is 2. The number of hydrogen-bond acceptors (Lipinski definition) is 1. The molecule has 0 saturated heterocycles. The lowest BCUT2D eigenvalue weighted by atomic mass is 9.82. The molecule has 0 saturated carbocycles. The highest BCUT2D eigenvalue weighted by Gasteiger charge is 2.20. The standard InChI is InChI=1S/C16H25F2N/c1-12(2)11-19-8-7-16(3,4)10-13-5-6-14(17)9-15(13)18/h5-6,9,12,19H,7-8,10-11H2,1-4H3. The molecule has 1 rings (SSSR count). The van der Waals surface area contributed by atoms with Crippen molar-refractivity contribution in [1.29, 1.82) is 0 Å². The maximum absolute atomic E-state index is 13.6. The molecule has 0 aliphatic carbocycles. The Hall–Kier alpha value is -0.960. The summed E-state index contributed by atoms with van der Waals surface area (Å²) in [5.41, 5.74) is 0.595. The summed E-state index contributed by atoms with van der Waals surface area (Å²) in [6.45, 7) is 10.5. The largest absolute Gasteiger partial charge is 0.316 e. The van der Waals surface area contributed by atoms with Gasteiger partial charge in [0.05, 0.1) is 0 Å². The molecule has 0 aliphatic heterocycles. The minimum absolute atomic E-state index is 0.00263. The fourth-order valence-electron chi connectivity index (χ4n) is 2.09. The van der Waals surface area contributed by atoms with Gasteiger partial charge in [0.2, 0.25) is 0 Å². The molecule has 0 radical (unpaired) electrons. The Balaban J connectivity index is 2.49. The molecule has 0 atom stereocenters. The minimum atomic E-state index is -0.516. The van der Waals surface area contributed by atoms with Gasteiger partial charge in [0.15, 0.2) is 0 Å². The van der Waals surface area contributed by atoms with Gasteiger partial charge in [-0.25, -0.2) is 8.78 Å².